The molecule has 0 amide bonds. The molecular weight excluding hydrogens is 258 g/mol. The van der Waals surface area contributed by atoms with Gasteiger partial charge in [0.05, 0.1) is 17.2 Å². The molecule has 2 rings (SSSR count). The van der Waals surface area contributed by atoms with Gasteiger partial charge in [-0.15, -0.1) is 11.3 Å². The summed E-state index contributed by atoms with van der Waals surface area (Å²) in [4.78, 5) is 6.47. The highest BCUT2D eigenvalue weighted by atomic mass is 32.2. The summed E-state index contributed by atoms with van der Waals surface area (Å²) in [5.41, 5.74) is 1.00. The Balaban J connectivity index is 2.06. The summed E-state index contributed by atoms with van der Waals surface area (Å²) < 4.78 is 22.9. The zero-order valence-corrected chi connectivity index (χ0v) is 11.6. The highest BCUT2D eigenvalue weighted by molar-refractivity contribution is 7.91. The van der Waals surface area contributed by atoms with Crippen molar-refractivity contribution in [3.05, 3.63) is 11.1 Å². The first-order valence-corrected chi connectivity index (χ1v) is 8.24. The van der Waals surface area contributed by atoms with Gasteiger partial charge in [0.25, 0.3) is 0 Å². The quantitative estimate of drug-likeness (QED) is 0.866. The number of aromatic nitrogens is 1. The van der Waals surface area contributed by atoms with Crippen LogP contribution < -0.4 is 10.2 Å². The zero-order valence-electron chi connectivity index (χ0n) is 10.0. The molecule has 1 aromatic heterocycles. The second-order valence-electron chi connectivity index (χ2n) is 4.32. The number of sulfone groups is 1. The van der Waals surface area contributed by atoms with Crippen LogP contribution in [0.5, 0.6) is 0 Å². The largest absolute Gasteiger partial charge is 0.347 e. The van der Waals surface area contributed by atoms with Gasteiger partial charge in [0.15, 0.2) is 15.0 Å². The maximum absolute atomic E-state index is 11.4. The van der Waals surface area contributed by atoms with Crippen molar-refractivity contribution >= 4 is 26.3 Å². The van der Waals surface area contributed by atoms with Crippen molar-refractivity contribution in [3.63, 3.8) is 0 Å². The van der Waals surface area contributed by atoms with E-state index in [9.17, 15) is 8.42 Å². The van der Waals surface area contributed by atoms with E-state index >= 15 is 0 Å². The van der Waals surface area contributed by atoms with Gasteiger partial charge in [-0.25, -0.2) is 13.4 Å². The first-order chi connectivity index (χ1) is 8.02. The van der Waals surface area contributed by atoms with Crippen molar-refractivity contribution in [2.24, 2.45) is 0 Å². The molecular formula is C10H17N3O2S2. The van der Waals surface area contributed by atoms with Gasteiger partial charge >= 0.3 is 0 Å². The Bertz CT molecular complexity index is 483. The fraction of sp³-hybridized carbons (Fsp3) is 0.700. The van der Waals surface area contributed by atoms with Crippen LogP contribution in [-0.4, -0.2) is 45.0 Å². The first kappa shape index (κ1) is 12.8. The second-order valence-corrected chi connectivity index (χ2v) is 7.38. The molecule has 1 unspecified atom stereocenters. The summed E-state index contributed by atoms with van der Waals surface area (Å²) in [7, 11) is 0.976. The molecule has 96 valence electrons. The molecule has 5 nitrogen and oxygen atoms in total. The van der Waals surface area contributed by atoms with Crippen molar-refractivity contribution in [1.82, 2.24) is 10.3 Å². The number of anilines is 1. The minimum atomic E-state index is -2.83. The molecule has 17 heavy (non-hydrogen) atoms. The predicted molar refractivity (Wildman–Crippen MR) is 70.3 cm³/mol. The van der Waals surface area contributed by atoms with Gasteiger partial charge in [0.2, 0.25) is 0 Å². The van der Waals surface area contributed by atoms with E-state index in [2.05, 4.69) is 10.3 Å². The maximum Gasteiger partial charge on any atom is 0.185 e. The molecule has 0 aromatic carbocycles. The van der Waals surface area contributed by atoms with Crippen LogP contribution in [0.15, 0.2) is 5.38 Å². The molecule has 1 aromatic rings. The molecule has 0 saturated carbocycles. The second kappa shape index (κ2) is 4.91. The number of hydrogen-bond donors (Lipinski definition) is 1. The fourth-order valence-electron chi connectivity index (χ4n) is 1.96. The number of rotatable bonds is 4. The number of hydrogen-bond acceptors (Lipinski definition) is 6. The molecule has 1 aliphatic heterocycles. The van der Waals surface area contributed by atoms with Gasteiger partial charge in [-0.1, -0.05) is 0 Å². The average Bonchev–Trinajstić information content (AvgIpc) is 2.85. The number of thiazole rings is 1. The Morgan fingerprint density at radius 2 is 2.41 bits per heavy atom. The Kier molecular flexibility index (Phi) is 3.70. The Hall–Kier alpha value is -0.660. The van der Waals surface area contributed by atoms with Crippen molar-refractivity contribution in [2.75, 3.05) is 30.5 Å². The number of nitrogens with one attached hydrogen (secondary N) is 1. The van der Waals surface area contributed by atoms with Crippen LogP contribution in [0.25, 0.3) is 0 Å². The lowest BCUT2D eigenvalue weighted by Crippen LogP contribution is -2.32. The highest BCUT2D eigenvalue weighted by Crippen LogP contribution is 2.25. The lowest BCUT2D eigenvalue weighted by Gasteiger charge is -2.22. The molecule has 1 fully saturated rings. The van der Waals surface area contributed by atoms with E-state index in [1.165, 1.54) is 0 Å². The molecule has 1 aliphatic rings. The van der Waals surface area contributed by atoms with Crippen molar-refractivity contribution < 1.29 is 8.42 Å². The monoisotopic (exact) mass is 275 g/mol. The molecule has 0 aliphatic carbocycles. The van der Waals surface area contributed by atoms with E-state index in [0.717, 1.165) is 17.4 Å². The summed E-state index contributed by atoms with van der Waals surface area (Å²) in [5.74, 6) is 0.557. The molecule has 0 spiro atoms. The van der Waals surface area contributed by atoms with Crippen LogP contribution in [0.2, 0.25) is 0 Å². The van der Waals surface area contributed by atoms with Crippen molar-refractivity contribution in [3.8, 4) is 0 Å². The summed E-state index contributed by atoms with van der Waals surface area (Å²) in [6, 6.07) is 0.0774. The van der Waals surface area contributed by atoms with Crippen LogP contribution in [-0.2, 0) is 16.4 Å². The third-order valence-electron chi connectivity index (χ3n) is 2.96. The predicted octanol–water partition coefficient (Wildman–Crippen LogP) is 0.486. The zero-order chi connectivity index (χ0) is 12.5. The maximum atomic E-state index is 11.4. The molecule has 0 radical (unpaired) electrons. The van der Waals surface area contributed by atoms with E-state index in [-0.39, 0.29) is 11.8 Å². The van der Waals surface area contributed by atoms with E-state index in [0.29, 0.717) is 12.2 Å². The molecule has 7 heteroatoms. The average molecular weight is 275 g/mol. The van der Waals surface area contributed by atoms with Gasteiger partial charge in [-0.2, -0.15) is 0 Å². The lowest BCUT2D eigenvalue weighted by molar-refractivity contribution is 0.601. The molecule has 1 atom stereocenters. The molecule has 0 bridgehead atoms. The fourth-order valence-corrected chi connectivity index (χ4v) is 4.59. The summed E-state index contributed by atoms with van der Waals surface area (Å²) in [6.45, 7) is 0.743. The molecule has 1 saturated heterocycles. The summed E-state index contributed by atoms with van der Waals surface area (Å²) in [6.07, 6.45) is 0.708. The molecule has 1 N–H and O–H groups in total. The lowest BCUT2D eigenvalue weighted by atomic mass is 10.2. The van der Waals surface area contributed by atoms with Crippen molar-refractivity contribution in [2.45, 2.75) is 19.0 Å². The minimum absolute atomic E-state index is 0.0774. The topological polar surface area (TPSA) is 62.3 Å². The normalized spacial score (nSPS) is 22.8. The van der Waals surface area contributed by atoms with Gasteiger partial charge in [-0.05, 0) is 13.5 Å². The van der Waals surface area contributed by atoms with Gasteiger partial charge < -0.3 is 10.2 Å². The highest BCUT2D eigenvalue weighted by Gasteiger charge is 2.31. The van der Waals surface area contributed by atoms with Crippen LogP contribution in [0.3, 0.4) is 0 Å². The van der Waals surface area contributed by atoms with Crippen LogP contribution in [0, 0.1) is 0 Å². The van der Waals surface area contributed by atoms with Gasteiger partial charge in [-0.3, -0.25) is 0 Å². The van der Waals surface area contributed by atoms with E-state index in [4.69, 9.17) is 0 Å². The summed E-state index contributed by atoms with van der Waals surface area (Å²) in [5, 5.41) is 5.95. The standard InChI is InChI=1S/C10H17N3O2S2/c1-11-5-8-6-16-10(12-8)13(2)9-3-4-17(14,15)7-9/h6,9,11H,3-5,7H2,1-2H3. The third kappa shape index (κ3) is 2.97. The SMILES string of the molecule is CNCc1csc(N(C)C2CCS(=O)(=O)C2)n1. The third-order valence-corrected chi connectivity index (χ3v) is 5.69. The summed E-state index contributed by atoms with van der Waals surface area (Å²) >= 11 is 1.56. The minimum Gasteiger partial charge on any atom is -0.347 e. The Morgan fingerprint density at radius 3 is 3.00 bits per heavy atom. The number of nitrogens with zero attached hydrogens (tertiary/aromatic N) is 2. The van der Waals surface area contributed by atoms with Gasteiger partial charge in [0, 0.05) is 25.0 Å². The molecule has 2 heterocycles. The van der Waals surface area contributed by atoms with Crippen LogP contribution in [0.1, 0.15) is 12.1 Å². The first-order valence-electron chi connectivity index (χ1n) is 5.54. The van der Waals surface area contributed by atoms with E-state index in [1.54, 1.807) is 11.3 Å². The smallest absolute Gasteiger partial charge is 0.185 e. The van der Waals surface area contributed by atoms with E-state index < -0.39 is 9.84 Å². The van der Waals surface area contributed by atoms with Crippen molar-refractivity contribution in [1.29, 1.82) is 0 Å². The van der Waals surface area contributed by atoms with Crippen LogP contribution in [0.4, 0.5) is 5.13 Å². The van der Waals surface area contributed by atoms with Crippen LogP contribution >= 0.6 is 11.3 Å². The Labute approximate surface area is 106 Å². The van der Waals surface area contributed by atoms with Gasteiger partial charge in [0.1, 0.15) is 0 Å². The Morgan fingerprint density at radius 1 is 1.65 bits per heavy atom. The van der Waals surface area contributed by atoms with E-state index in [1.807, 2.05) is 24.4 Å².